The second kappa shape index (κ2) is 5.20. The van der Waals surface area contributed by atoms with Crippen molar-refractivity contribution in [3.63, 3.8) is 0 Å². The monoisotopic (exact) mass is 250 g/mol. The van der Waals surface area contributed by atoms with E-state index in [1.165, 1.54) is 51.4 Å². The lowest BCUT2D eigenvalue weighted by Crippen LogP contribution is -2.50. The fourth-order valence-electron chi connectivity index (χ4n) is 4.24. The summed E-state index contributed by atoms with van der Waals surface area (Å²) >= 11 is 0. The number of carbonyl (C=O) groups is 1. The van der Waals surface area contributed by atoms with Crippen LogP contribution in [0.3, 0.4) is 0 Å². The zero-order valence-corrected chi connectivity index (χ0v) is 11.5. The van der Waals surface area contributed by atoms with Crippen molar-refractivity contribution in [2.75, 3.05) is 0 Å². The van der Waals surface area contributed by atoms with E-state index in [1.807, 2.05) is 6.92 Å². The SMILES string of the molecule is CC(NC1CC2CCC1C2)C(=O)NC1CCCC1. The van der Waals surface area contributed by atoms with Gasteiger partial charge in [0.2, 0.25) is 5.91 Å². The van der Waals surface area contributed by atoms with E-state index in [0.717, 1.165) is 11.8 Å². The lowest BCUT2D eigenvalue weighted by atomic mass is 9.95. The summed E-state index contributed by atoms with van der Waals surface area (Å²) in [5.74, 6) is 2.00. The highest BCUT2D eigenvalue weighted by molar-refractivity contribution is 5.81. The molecule has 3 aliphatic carbocycles. The van der Waals surface area contributed by atoms with E-state index in [1.54, 1.807) is 0 Å². The molecule has 3 fully saturated rings. The summed E-state index contributed by atoms with van der Waals surface area (Å²) < 4.78 is 0. The van der Waals surface area contributed by atoms with Crippen LogP contribution < -0.4 is 10.6 Å². The summed E-state index contributed by atoms with van der Waals surface area (Å²) in [4.78, 5) is 12.1. The Bertz CT molecular complexity index is 312. The van der Waals surface area contributed by atoms with Crippen molar-refractivity contribution in [2.24, 2.45) is 11.8 Å². The Labute approximate surface area is 110 Å². The highest BCUT2D eigenvalue weighted by Crippen LogP contribution is 2.44. The van der Waals surface area contributed by atoms with E-state index in [4.69, 9.17) is 0 Å². The first-order chi connectivity index (χ1) is 8.72. The molecule has 2 N–H and O–H groups in total. The Morgan fingerprint density at radius 3 is 2.50 bits per heavy atom. The van der Waals surface area contributed by atoms with E-state index in [2.05, 4.69) is 10.6 Å². The van der Waals surface area contributed by atoms with Crippen molar-refractivity contribution < 1.29 is 4.79 Å². The van der Waals surface area contributed by atoms with E-state index in [0.29, 0.717) is 12.1 Å². The number of hydrogen-bond acceptors (Lipinski definition) is 2. The lowest BCUT2D eigenvalue weighted by Gasteiger charge is -2.27. The number of fused-ring (bicyclic) bond motifs is 2. The van der Waals surface area contributed by atoms with Gasteiger partial charge in [-0.2, -0.15) is 0 Å². The maximum Gasteiger partial charge on any atom is 0.237 e. The molecule has 1 amide bonds. The minimum atomic E-state index is -0.0186. The predicted octanol–water partition coefficient (Wildman–Crippen LogP) is 2.21. The van der Waals surface area contributed by atoms with Crippen LogP contribution >= 0.6 is 0 Å². The molecule has 0 aliphatic heterocycles. The third-order valence-corrected chi connectivity index (χ3v) is 5.30. The highest BCUT2D eigenvalue weighted by atomic mass is 16.2. The molecule has 3 rings (SSSR count). The first kappa shape index (κ1) is 12.5. The van der Waals surface area contributed by atoms with Gasteiger partial charge >= 0.3 is 0 Å². The van der Waals surface area contributed by atoms with Crippen molar-refractivity contribution in [1.29, 1.82) is 0 Å². The van der Waals surface area contributed by atoms with Gasteiger partial charge in [-0.1, -0.05) is 19.3 Å². The van der Waals surface area contributed by atoms with Gasteiger partial charge in [0.15, 0.2) is 0 Å². The standard InChI is InChI=1S/C15H26N2O/c1-10(15(18)17-13-4-2-3-5-13)16-14-9-11-6-7-12(14)8-11/h10-14,16H,2-9H2,1H3,(H,17,18). The van der Waals surface area contributed by atoms with E-state index in [9.17, 15) is 4.79 Å². The van der Waals surface area contributed by atoms with Gasteiger partial charge in [-0.05, 0) is 50.9 Å². The number of carbonyl (C=O) groups excluding carboxylic acids is 1. The third-order valence-electron chi connectivity index (χ3n) is 5.30. The van der Waals surface area contributed by atoms with Crippen LogP contribution in [0, 0.1) is 11.8 Å². The summed E-state index contributed by atoms with van der Waals surface area (Å²) in [6.45, 7) is 2.02. The molecule has 4 atom stereocenters. The number of rotatable bonds is 4. The van der Waals surface area contributed by atoms with E-state index in [-0.39, 0.29) is 11.9 Å². The van der Waals surface area contributed by atoms with Crippen LogP contribution in [-0.4, -0.2) is 24.0 Å². The first-order valence-electron chi connectivity index (χ1n) is 7.79. The average molecular weight is 250 g/mol. The summed E-state index contributed by atoms with van der Waals surface area (Å²) in [6, 6.07) is 1.03. The third kappa shape index (κ3) is 2.56. The summed E-state index contributed by atoms with van der Waals surface area (Å²) in [6.07, 6.45) is 10.4. The zero-order valence-electron chi connectivity index (χ0n) is 11.5. The smallest absolute Gasteiger partial charge is 0.237 e. The van der Waals surface area contributed by atoms with Gasteiger partial charge in [0.25, 0.3) is 0 Å². The molecule has 4 unspecified atom stereocenters. The van der Waals surface area contributed by atoms with Gasteiger partial charge in [-0.3, -0.25) is 4.79 Å². The Balaban J connectivity index is 1.45. The molecule has 3 aliphatic rings. The molecule has 0 saturated heterocycles. The van der Waals surface area contributed by atoms with Crippen molar-refractivity contribution >= 4 is 5.91 Å². The molecular formula is C15H26N2O. The summed E-state index contributed by atoms with van der Waals surface area (Å²) in [7, 11) is 0. The number of hydrogen-bond donors (Lipinski definition) is 2. The fourth-order valence-corrected chi connectivity index (χ4v) is 4.24. The van der Waals surface area contributed by atoms with Crippen LogP contribution in [0.25, 0.3) is 0 Å². The lowest BCUT2D eigenvalue weighted by molar-refractivity contribution is -0.123. The molecule has 0 heterocycles. The molecule has 3 saturated carbocycles. The van der Waals surface area contributed by atoms with Crippen molar-refractivity contribution in [2.45, 2.75) is 76.4 Å². The Morgan fingerprint density at radius 1 is 1.11 bits per heavy atom. The van der Waals surface area contributed by atoms with Gasteiger partial charge in [0.05, 0.1) is 6.04 Å². The number of amides is 1. The molecule has 0 spiro atoms. The van der Waals surface area contributed by atoms with E-state index >= 15 is 0 Å². The molecule has 3 heteroatoms. The van der Waals surface area contributed by atoms with Gasteiger partial charge < -0.3 is 10.6 Å². The molecular weight excluding hydrogens is 224 g/mol. The van der Waals surface area contributed by atoms with Crippen molar-refractivity contribution in [3.05, 3.63) is 0 Å². The maximum absolute atomic E-state index is 12.1. The van der Waals surface area contributed by atoms with Crippen molar-refractivity contribution in [1.82, 2.24) is 10.6 Å². The molecule has 0 aromatic carbocycles. The zero-order chi connectivity index (χ0) is 12.5. The molecule has 3 nitrogen and oxygen atoms in total. The Morgan fingerprint density at radius 2 is 1.89 bits per heavy atom. The Kier molecular flexibility index (Phi) is 3.60. The topological polar surface area (TPSA) is 41.1 Å². The average Bonchev–Trinajstić information content (AvgIpc) is 3.04. The molecule has 2 bridgehead atoms. The van der Waals surface area contributed by atoms with Crippen LogP contribution in [0.2, 0.25) is 0 Å². The van der Waals surface area contributed by atoms with Crippen LogP contribution in [0.4, 0.5) is 0 Å². The highest BCUT2D eigenvalue weighted by Gasteiger charge is 2.40. The van der Waals surface area contributed by atoms with Crippen molar-refractivity contribution in [3.8, 4) is 0 Å². The fraction of sp³-hybridized carbons (Fsp3) is 0.933. The van der Waals surface area contributed by atoms with Gasteiger partial charge in [-0.15, -0.1) is 0 Å². The van der Waals surface area contributed by atoms with Crippen LogP contribution in [0.5, 0.6) is 0 Å². The normalized spacial score (nSPS) is 37.1. The molecule has 102 valence electrons. The summed E-state index contributed by atoms with van der Waals surface area (Å²) in [5, 5.41) is 6.77. The second-order valence-electron chi connectivity index (χ2n) is 6.66. The van der Waals surface area contributed by atoms with E-state index < -0.39 is 0 Å². The van der Waals surface area contributed by atoms with Gasteiger partial charge in [0, 0.05) is 12.1 Å². The van der Waals surface area contributed by atoms with Gasteiger partial charge in [0.1, 0.15) is 0 Å². The molecule has 18 heavy (non-hydrogen) atoms. The van der Waals surface area contributed by atoms with Crippen LogP contribution in [-0.2, 0) is 4.79 Å². The molecule has 0 aromatic heterocycles. The molecule has 0 aromatic rings. The Hall–Kier alpha value is -0.570. The van der Waals surface area contributed by atoms with Crippen LogP contribution in [0.15, 0.2) is 0 Å². The van der Waals surface area contributed by atoms with Crippen LogP contribution in [0.1, 0.15) is 58.3 Å². The first-order valence-corrected chi connectivity index (χ1v) is 7.79. The largest absolute Gasteiger partial charge is 0.352 e. The minimum Gasteiger partial charge on any atom is -0.352 e. The minimum absolute atomic E-state index is 0.0186. The number of nitrogens with one attached hydrogen (secondary N) is 2. The summed E-state index contributed by atoms with van der Waals surface area (Å²) in [5.41, 5.74) is 0. The second-order valence-corrected chi connectivity index (χ2v) is 6.66. The van der Waals surface area contributed by atoms with Gasteiger partial charge in [-0.25, -0.2) is 0 Å². The maximum atomic E-state index is 12.1. The molecule has 0 radical (unpaired) electrons. The quantitative estimate of drug-likeness (QED) is 0.803. The predicted molar refractivity (Wildman–Crippen MR) is 72.2 cm³/mol.